The van der Waals surface area contributed by atoms with Crippen molar-refractivity contribution in [2.75, 3.05) is 54.1 Å². The van der Waals surface area contributed by atoms with Crippen molar-refractivity contribution < 1.29 is 4.79 Å². The van der Waals surface area contributed by atoms with Gasteiger partial charge in [0.2, 0.25) is 5.95 Å². The van der Waals surface area contributed by atoms with Gasteiger partial charge in [0, 0.05) is 48.8 Å². The van der Waals surface area contributed by atoms with Crippen LogP contribution in [0.3, 0.4) is 0 Å². The van der Waals surface area contributed by atoms with Gasteiger partial charge in [0.25, 0.3) is 5.91 Å². The maximum absolute atomic E-state index is 12.1. The van der Waals surface area contributed by atoms with E-state index in [9.17, 15) is 4.79 Å². The predicted octanol–water partition coefficient (Wildman–Crippen LogP) is 5.93. The Hall–Kier alpha value is -3.33. The average molecular weight is 526 g/mol. The van der Waals surface area contributed by atoms with Gasteiger partial charge in [-0.3, -0.25) is 4.79 Å². The van der Waals surface area contributed by atoms with E-state index in [-0.39, 0.29) is 5.91 Å². The van der Waals surface area contributed by atoms with Crippen molar-refractivity contribution in [3.63, 3.8) is 0 Å². The zero-order valence-electron chi connectivity index (χ0n) is 20.5. The number of rotatable bonds is 7. The third-order valence-electron chi connectivity index (χ3n) is 6.01. The number of allylic oxidation sites excluding steroid dienone is 1. The summed E-state index contributed by atoms with van der Waals surface area (Å²) < 4.78 is 0. The van der Waals surface area contributed by atoms with Gasteiger partial charge < -0.3 is 25.8 Å². The summed E-state index contributed by atoms with van der Waals surface area (Å²) in [6, 6.07) is 13.4. The Balaban J connectivity index is 1.42. The summed E-state index contributed by atoms with van der Waals surface area (Å²) >= 11 is 12.7. The summed E-state index contributed by atoms with van der Waals surface area (Å²) in [6.07, 6.45) is 3.28. The topological polar surface area (TPSA) is 85.4 Å². The van der Waals surface area contributed by atoms with Gasteiger partial charge in [0.05, 0.1) is 16.9 Å². The van der Waals surface area contributed by atoms with Crippen LogP contribution in [0.1, 0.15) is 13.8 Å². The van der Waals surface area contributed by atoms with Crippen molar-refractivity contribution in [3.05, 3.63) is 70.4 Å². The molecule has 0 bridgehead atoms. The second-order valence-electron chi connectivity index (χ2n) is 8.60. The van der Waals surface area contributed by atoms with Gasteiger partial charge in [-0.1, -0.05) is 29.3 Å². The van der Waals surface area contributed by atoms with Gasteiger partial charge in [-0.05, 0) is 63.4 Å². The Morgan fingerprint density at radius 1 is 0.972 bits per heavy atom. The Morgan fingerprint density at radius 3 is 2.33 bits per heavy atom. The molecule has 8 nitrogen and oxygen atoms in total. The molecule has 0 saturated carbocycles. The predicted molar refractivity (Wildman–Crippen MR) is 149 cm³/mol. The molecular formula is C26H29Cl2N7O. The summed E-state index contributed by atoms with van der Waals surface area (Å²) in [5, 5.41) is 9.94. The number of hydrogen-bond donors (Lipinski definition) is 3. The molecule has 3 N–H and O–H groups in total. The van der Waals surface area contributed by atoms with Crippen LogP contribution in [0.15, 0.2) is 60.3 Å². The Bertz CT molecular complexity index is 1260. The molecule has 4 rings (SSSR count). The molecule has 1 aromatic heterocycles. The molecular weight excluding hydrogens is 497 g/mol. The number of carbonyl (C=O) groups excluding carboxylic acids is 1. The second-order valence-corrected chi connectivity index (χ2v) is 9.41. The highest BCUT2D eigenvalue weighted by molar-refractivity contribution is 6.34. The minimum Gasteiger partial charge on any atom is -0.369 e. The maximum Gasteiger partial charge on any atom is 0.251 e. The Morgan fingerprint density at radius 2 is 1.67 bits per heavy atom. The van der Waals surface area contributed by atoms with Crippen molar-refractivity contribution >= 4 is 63.6 Å². The lowest BCUT2D eigenvalue weighted by Crippen LogP contribution is -2.44. The number of nitrogens with zero attached hydrogens (tertiary/aromatic N) is 4. The lowest BCUT2D eigenvalue weighted by atomic mass is 10.2. The van der Waals surface area contributed by atoms with E-state index in [1.807, 2.05) is 19.1 Å². The smallest absolute Gasteiger partial charge is 0.251 e. The van der Waals surface area contributed by atoms with Crippen LogP contribution in [-0.2, 0) is 4.79 Å². The number of piperazine rings is 1. The van der Waals surface area contributed by atoms with Crippen LogP contribution in [-0.4, -0.2) is 54.0 Å². The van der Waals surface area contributed by atoms with Gasteiger partial charge in [0.1, 0.15) is 5.02 Å². The molecule has 1 fully saturated rings. The fourth-order valence-corrected chi connectivity index (χ4v) is 4.01. The summed E-state index contributed by atoms with van der Waals surface area (Å²) in [7, 11) is 2.15. The zero-order chi connectivity index (χ0) is 25.7. The highest BCUT2D eigenvalue weighted by Gasteiger charge is 2.14. The second kappa shape index (κ2) is 11.6. The highest BCUT2D eigenvalue weighted by Crippen LogP contribution is 2.30. The summed E-state index contributed by atoms with van der Waals surface area (Å²) in [4.78, 5) is 25.6. The van der Waals surface area contributed by atoms with Crippen molar-refractivity contribution in [2.45, 2.75) is 13.8 Å². The fraction of sp³-hybridized carbons (Fsp3) is 0.269. The molecule has 1 saturated heterocycles. The minimum absolute atomic E-state index is 0.203. The monoisotopic (exact) mass is 525 g/mol. The van der Waals surface area contributed by atoms with Crippen LogP contribution >= 0.6 is 23.2 Å². The molecule has 1 aliphatic heterocycles. The van der Waals surface area contributed by atoms with Crippen molar-refractivity contribution in [1.29, 1.82) is 0 Å². The SMILES string of the molecule is C/C=C(\C)C(=O)Nc1ccc(Nc2nc(Nc3ccc(N4CCN(C)CC4)cc3)ncc2Cl)cc1Cl. The Labute approximate surface area is 221 Å². The molecule has 2 heterocycles. The van der Waals surface area contributed by atoms with E-state index < -0.39 is 0 Å². The molecule has 1 aliphatic rings. The van der Waals surface area contributed by atoms with E-state index in [1.54, 1.807) is 31.2 Å². The largest absolute Gasteiger partial charge is 0.369 e. The van der Waals surface area contributed by atoms with Crippen LogP contribution in [0.2, 0.25) is 10.0 Å². The number of benzene rings is 2. The third kappa shape index (κ3) is 6.46. The molecule has 1 amide bonds. The molecule has 0 aliphatic carbocycles. The van der Waals surface area contributed by atoms with Crippen LogP contribution < -0.4 is 20.9 Å². The first kappa shape index (κ1) is 25.8. The number of hydrogen-bond acceptors (Lipinski definition) is 7. The lowest BCUT2D eigenvalue weighted by molar-refractivity contribution is -0.112. The van der Waals surface area contributed by atoms with E-state index in [1.165, 1.54) is 11.9 Å². The lowest BCUT2D eigenvalue weighted by Gasteiger charge is -2.34. The summed E-state index contributed by atoms with van der Waals surface area (Å²) in [5.74, 6) is 0.637. The number of likely N-dealkylation sites (N-methyl/N-ethyl adjacent to an activating group) is 1. The molecule has 0 unspecified atom stereocenters. The van der Waals surface area contributed by atoms with Crippen LogP contribution in [0.4, 0.5) is 34.5 Å². The quantitative estimate of drug-likeness (QED) is 0.329. The van der Waals surface area contributed by atoms with Crippen LogP contribution in [0.25, 0.3) is 0 Å². The van der Waals surface area contributed by atoms with Gasteiger partial charge in [-0.25, -0.2) is 4.98 Å². The van der Waals surface area contributed by atoms with Crippen molar-refractivity contribution in [1.82, 2.24) is 14.9 Å². The molecule has 10 heteroatoms. The Kier molecular flexibility index (Phi) is 8.30. The third-order valence-corrected chi connectivity index (χ3v) is 6.60. The van der Waals surface area contributed by atoms with E-state index in [0.717, 1.165) is 31.9 Å². The number of aromatic nitrogens is 2. The van der Waals surface area contributed by atoms with Crippen molar-refractivity contribution in [3.8, 4) is 0 Å². The van der Waals surface area contributed by atoms with E-state index in [0.29, 0.717) is 38.8 Å². The number of amides is 1. The van der Waals surface area contributed by atoms with Gasteiger partial charge in [-0.15, -0.1) is 0 Å². The number of anilines is 6. The number of nitrogens with one attached hydrogen (secondary N) is 3. The first-order valence-corrected chi connectivity index (χ1v) is 12.4. The van der Waals surface area contributed by atoms with Gasteiger partial charge in [0.15, 0.2) is 5.82 Å². The first-order chi connectivity index (χ1) is 17.3. The summed E-state index contributed by atoms with van der Waals surface area (Å²) in [6.45, 7) is 7.71. The van der Waals surface area contributed by atoms with Crippen LogP contribution in [0.5, 0.6) is 0 Å². The zero-order valence-corrected chi connectivity index (χ0v) is 22.0. The summed E-state index contributed by atoms with van der Waals surface area (Å²) in [5.41, 5.74) is 3.87. The van der Waals surface area contributed by atoms with Gasteiger partial charge in [-0.2, -0.15) is 4.98 Å². The number of carbonyl (C=O) groups is 1. The number of halogens is 2. The molecule has 188 valence electrons. The average Bonchev–Trinajstić information content (AvgIpc) is 2.88. The first-order valence-electron chi connectivity index (χ1n) is 11.7. The van der Waals surface area contributed by atoms with Crippen molar-refractivity contribution in [2.24, 2.45) is 0 Å². The van der Waals surface area contributed by atoms with Crippen LogP contribution in [0, 0.1) is 0 Å². The molecule has 0 radical (unpaired) electrons. The van der Waals surface area contributed by atoms with Gasteiger partial charge >= 0.3 is 0 Å². The molecule has 0 spiro atoms. The highest BCUT2D eigenvalue weighted by atomic mass is 35.5. The van der Waals surface area contributed by atoms with E-state index in [4.69, 9.17) is 23.2 Å². The normalized spacial score (nSPS) is 14.5. The maximum atomic E-state index is 12.1. The van der Waals surface area contributed by atoms with E-state index >= 15 is 0 Å². The van der Waals surface area contributed by atoms with E-state index in [2.05, 4.69) is 54.9 Å². The molecule has 36 heavy (non-hydrogen) atoms. The fourth-order valence-electron chi connectivity index (χ4n) is 3.65. The molecule has 3 aromatic rings. The minimum atomic E-state index is -0.203. The molecule has 0 atom stereocenters. The molecule has 2 aromatic carbocycles. The standard InChI is InChI=1S/C26H29Cl2N7O/c1-4-17(2)25(36)32-23-10-7-19(15-21(23)27)30-24-22(28)16-29-26(33-24)31-18-5-8-20(9-6-18)35-13-11-34(3)12-14-35/h4-10,15-16H,11-14H2,1-3H3,(H,32,36)(H2,29,30,31,33)/b17-4+.